The van der Waals surface area contributed by atoms with Gasteiger partial charge < -0.3 is 4.74 Å². The van der Waals surface area contributed by atoms with E-state index in [0.29, 0.717) is 12.4 Å². The summed E-state index contributed by atoms with van der Waals surface area (Å²) >= 11 is 3.48. The van der Waals surface area contributed by atoms with E-state index < -0.39 is 0 Å². The minimum atomic E-state index is -0.0666. The zero-order chi connectivity index (χ0) is 10.9. The van der Waals surface area contributed by atoms with Crippen molar-refractivity contribution in [1.29, 1.82) is 0 Å². The van der Waals surface area contributed by atoms with Crippen LogP contribution >= 0.6 is 15.9 Å². The zero-order valence-corrected chi connectivity index (χ0v) is 10.2. The van der Waals surface area contributed by atoms with Crippen LogP contribution in [0.2, 0.25) is 0 Å². The van der Waals surface area contributed by atoms with Gasteiger partial charge in [0, 0.05) is 17.5 Å². The second-order valence-electron chi connectivity index (χ2n) is 4.01. The highest BCUT2D eigenvalue weighted by atomic mass is 79.9. The summed E-state index contributed by atoms with van der Waals surface area (Å²) in [6.45, 7) is 0.675. The average molecular weight is 273 g/mol. The van der Waals surface area contributed by atoms with Gasteiger partial charge in [-0.15, -0.1) is 5.10 Å². The summed E-state index contributed by atoms with van der Waals surface area (Å²) in [4.78, 5) is 11.5. The highest BCUT2D eigenvalue weighted by molar-refractivity contribution is 9.09. The molecule has 5 heteroatoms. The summed E-state index contributed by atoms with van der Waals surface area (Å²) in [5.74, 6) is 0.486. The van der Waals surface area contributed by atoms with Gasteiger partial charge >= 0.3 is 0 Å². The topological polar surface area (TPSA) is 44.1 Å². The minimum Gasteiger partial charge on any atom is -0.480 e. The second kappa shape index (κ2) is 3.96. The van der Waals surface area contributed by atoms with Gasteiger partial charge in [0.05, 0.1) is 13.7 Å². The van der Waals surface area contributed by atoms with E-state index in [9.17, 15) is 4.79 Å². The molecule has 0 unspecified atom stereocenters. The quantitative estimate of drug-likeness (QED) is 0.779. The fourth-order valence-corrected chi connectivity index (χ4v) is 2.22. The number of hydrogen-bond donors (Lipinski definition) is 0. The van der Waals surface area contributed by atoms with Crippen molar-refractivity contribution in [2.75, 3.05) is 12.4 Å². The Balaban J connectivity index is 2.23. The molecule has 0 atom stereocenters. The molecule has 0 N–H and O–H groups in total. The molecule has 0 aliphatic heterocycles. The Kier molecular flexibility index (Phi) is 2.82. The van der Waals surface area contributed by atoms with Crippen molar-refractivity contribution in [3.63, 3.8) is 0 Å². The number of hydrogen-bond acceptors (Lipinski definition) is 3. The molecule has 1 heterocycles. The van der Waals surface area contributed by atoms with Gasteiger partial charge in [-0.25, -0.2) is 4.68 Å². The largest absolute Gasteiger partial charge is 0.480 e. The fraction of sp³-hybridized carbons (Fsp3) is 0.600. The zero-order valence-electron chi connectivity index (χ0n) is 8.57. The summed E-state index contributed by atoms with van der Waals surface area (Å²) < 4.78 is 6.49. The molecule has 1 aliphatic carbocycles. The van der Waals surface area contributed by atoms with Crippen molar-refractivity contribution in [3.8, 4) is 5.88 Å². The first-order valence-electron chi connectivity index (χ1n) is 4.87. The van der Waals surface area contributed by atoms with Crippen molar-refractivity contribution < 1.29 is 4.74 Å². The molecule has 0 spiro atoms. The highest BCUT2D eigenvalue weighted by Gasteiger charge is 2.42. The van der Waals surface area contributed by atoms with Crippen LogP contribution in [0, 0.1) is 5.41 Å². The van der Waals surface area contributed by atoms with Gasteiger partial charge in [-0.05, 0) is 18.3 Å². The molecule has 82 valence electrons. The Bertz CT molecular complexity index is 412. The number of nitrogens with zero attached hydrogens (tertiary/aromatic N) is 2. The van der Waals surface area contributed by atoms with Crippen molar-refractivity contribution in [3.05, 3.63) is 22.5 Å². The maximum Gasteiger partial charge on any atom is 0.266 e. The molecule has 0 bridgehead atoms. The average Bonchev–Trinajstić information content (AvgIpc) is 3.02. The maximum atomic E-state index is 11.5. The van der Waals surface area contributed by atoms with Gasteiger partial charge in [-0.1, -0.05) is 15.9 Å². The molecule has 1 aromatic heterocycles. The van der Waals surface area contributed by atoms with E-state index in [1.54, 1.807) is 13.2 Å². The lowest BCUT2D eigenvalue weighted by atomic mass is 10.1. The summed E-state index contributed by atoms with van der Waals surface area (Å²) in [5, 5.41) is 5.05. The van der Waals surface area contributed by atoms with E-state index >= 15 is 0 Å². The van der Waals surface area contributed by atoms with Crippen LogP contribution in [0.4, 0.5) is 0 Å². The van der Waals surface area contributed by atoms with Crippen LogP contribution in [0.5, 0.6) is 5.88 Å². The molecule has 1 aliphatic rings. The smallest absolute Gasteiger partial charge is 0.266 e. The lowest BCUT2D eigenvalue weighted by molar-refractivity contribution is 0.356. The van der Waals surface area contributed by atoms with Crippen LogP contribution in [0.1, 0.15) is 12.8 Å². The third-order valence-electron chi connectivity index (χ3n) is 2.78. The number of halogens is 1. The van der Waals surface area contributed by atoms with E-state index in [0.717, 1.165) is 18.2 Å². The Hall–Kier alpha value is -0.840. The van der Waals surface area contributed by atoms with Crippen molar-refractivity contribution >= 4 is 15.9 Å². The third-order valence-corrected chi connectivity index (χ3v) is 3.97. The summed E-state index contributed by atoms with van der Waals surface area (Å²) in [6, 6.07) is 3.09. The first kappa shape index (κ1) is 10.7. The van der Waals surface area contributed by atoms with Crippen LogP contribution in [0.3, 0.4) is 0 Å². The van der Waals surface area contributed by atoms with Gasteiger partial charge in [0.25, 0.3) is 5.56 Å². The van der Waals surface area contributed by atoms with Crippen molar-refractivity contribution in [2.24, 2.45) is 5.41 Å². The molecular weight excluding hydrogens is 260 g/mol. The Morgan fingerprint density at radius 3 is 2.87 bits per heavy atom. The Labute approximate surface area is 96.4 Å². The third kappa shape index (κ3) is 2.22. The Morgan fingerprint density at radius 1 is 1.60 bits per heavy atom. The van der Waals surface area contributed by atoms with E-state index in [1.807, 2.05) is 0 Å². The molecule has 1 fully saturated rings. The molecular formula is C10H13BrN2O2. The maximum absolute atomic E-state index is 11.5. The van der Waals surface area contributed by atoms with E-state index in [2.05, 4.69) is 21.0 Å². The van der Waals surface area contributed by atoms with Gasteiger partial charge in [0.2, 0.25) is 5.88 Å². The summed E-state index contributed by atoms with van der Waals surface area (Å²) in [7, 11) is 1.55. The number of alkyl halides is 1. The van der Waals surface area contributed by atoms with Gasteiger partial charge in [-0.2, -0.15) is 0 Å². The first-order valence-corrected chi connectivity index (χ1v) is 5.99. The van der Waals surface area contributed by atoms with Crippen LogP contribution in [0.15, 0.2) is 16.9 Å². The first-order chi connectivity index (χ1) is 7.19. The van der Waals surface area contributed by atoms with E-state index in [-0.39, 0.29) is 11.0 Å². The molecule has 0 saturated heterocycles. The summed E-state index contributed by atoms with van der Waals surface area (Å²) in [5.41, 5.74) is 0.173. The van der Waals surface area contributed by atoms with Crippen LogP contribution in [-0.2, 0) is 6.54 Å². The predicted octanol–water partition coefficient (Wildman–Crippen LogP) is 1.43. The molecule has 15 heavy (non-hydrogen) atoms. The van der Waals surface area contributed by atoms with E-state index in [1.165, 1.54) is 10.7 Å². The second-order valence-corrected chi connectivity index (χ2v) is 4.57. The Morgan fingerprint density at radius 2 is 2.33 bits per heavy atom. The molecule has 0 aromatic carbocycles. The van der Waals surface area contributed by atoms with Crippen molar-refractivity contribution in [1.82, 2.24) is 9.78 Å². The van der Waals surface area contributed by atoms with E-state index in [4.69, 9.17) is 4.74 Å². The van der Waals surface area contributed by atoms with Crippen molar-refractivity contribution in [2.45, 2.75) is 19.4 Å². The number of rotatable bonds is 4. The highest BCUT2D eigenvalue weighted by Crippen LogP contribution is 2.48. The monoisotopic (exact) mass is 272 g/mol. The van der Waals surface area contributed by atoms with Gasteiger partial charge in [0.15, 0.2) is 0 Å². The fourth-order valence-electron chi connectivity index (χ4n) is 1.48. The molecule has 0 radical (unpaired) electrons. The van der Waals surface area contributed by atoms with Crippen LogP contribution in [0.25, 0.3) is 0 Å². The number of aromatic nitrogens is 2. The standard InChI is InChI=1S/C10H13BrN2O2/c1-15-8-2-3-9(14)13(12-8)7-10(6-11)4-5-10/h2-3H,4-7H2,1H3. The molecule has 1 saturated carbocycles. The van der Waals surface area contributed by atoms with Crippen LogP contribution < -0.4 is 10.3 Å². The van der Waals surface area contributed by atoms with Gasteiger partial charge in [-0.3, -0.25) is 4.79 Å². The normalized spacial score (nSPS) is 17.5. The predicted molar refractivity (Wildman–Crippen MR) is 60.5 cm³/mol. The molecule has 4 nitrogen and oxygen atoms in total. The summed E-state index contributed by atoms with van der Waals surface area (Å²) in [6.07, 6.45) is 2.31. The molecule has 2 rings (SSSR count). The number of methoxy groups -OCH3 is 1. The lowest BCUT2D eigenvalue weighted by Gasteiger charge is -2.12. The molecule has 0 amide bonds. The lowest BCUT2D eigenvalue weighted by Crippen LogP contribution is -2.27. The molecule has 1 aromatic rings. The minimum absolute atomic E-state index is 0.0666. The van der Waals surface area contributed by atoms with Gasteiger partial charge in [0.1, 0.15) is 0 Å². The SMILES string of the molecule is COc1ccc(=O)n(CC2(CBr)CC2)n1. The number of ether oxygens (including phenoxy) is 1. The van der Waals surface area contributed by atoms with Crippen LogP contribution in [-0.4, -0.2) is 22.2 Å².